The van der Waals surface area contributed by atoms with Gasteiger partial charge in [0.05, 0.1) is 18.8 Å². The van der Waals surface area contributed by atoms with Gasteiger partial charge in [0.1, 0.15) is 21.5 Å². The first-order chi connectivity index (χ1) is 13.4. The van der Waals surface area contributed by atoms with Crippen LogP contribution in [0.1, 0.15) is 67.1 Å². The fraction of sp³-hybridized carbons (Fsp3) is 0.579. The van der Waals surface area contributed by atoms with E-state index in [-0.39, 0.29) is 28.7 Å². The molecule has 0 radical (unpaired) electrons. The fourth-order valence-electron chi connectivity index (χ4n) is 2.23. The summed E-state index contributed by atoms with van der Waals surface area (Å²) in [7, 11) is 0. The zero-order valence-electron chi connectivity index (χ0n) is 17.8. The molecule has 0 aliphatic carbocycles. The molecule has 1 unspecified atom stereocenters. The summed E-state index contributed by atoms with van der Waals surface area (Å²) < 4.78 is 15.2. The van der Waals surface area contributed by atoms with Crippen molar-refractivity contribution in [1.29, 1.82) is 0 Å². The van der Waals surface area contributed by atoms with Crippen molar-refractivity contribution in [1.82, 2.24) is 5.32 Å². The maximum Gasteiger partial charge on any atom is 0.348 e. The second kappa shape index (κ2) is 10.2. The number of anilines is 1. The molecule has 1 aromatic rings. The van der Waals surface area contributed by atoms with Gasteiger partial charge in [0.2, 0.25) is 0 Å². The minimum atomic E-state index is -0.925. The van der Waals surface area contributed by atoms with Crippen LogP contribution in [0.4, 0.5) is 9.80 Å². The lowest BCUT2D eigenvalue weighted by Crippen LogP contribution is -2.44. The maximum atomic E-state index is 12.4. The van der Waals surface area contributed by atoms with E-state index in [0.717, 1.165) is 11.3 Å². The lowest BCUT2D eigenvalue weighted by molar-refractivity contribution is -0.156. The number of amides is 2. The second-order valence-corrected chi connectivity index (χ2v) is 8.08. The third-order valence-electron chi connectivity index (χ3n) is 3.42. The van der Waals surface area contributed by atoms with Gasteiger partial charge >= 0.3 is 23.9 Å². The van der Waals surface area contributed by atoms with Crippen molar-refractivity contribution >= 4 is 40.3 Å². The summed E-state index contributed by atoms with van der Waals surface area (Å²) in [5, 5.41) is 5.08. The van der Waals surface area contributed by atoms with E-state index in [9.17, 15) is 19.2 Å². The molecule has 0 aliphatic heterocycles. The van der Waals surface area contributed by atoms with Crippen molar-refractivity contribution < 1.29 is 33.4 Å². The van der Waals surface area contributed by atoms with E-state index >= 15 is 0 Å². The Bertz CT molecular complexity index is 780. The number of thiophene rings is 1. The quantitative estimate of drug-likeness (QED) is 0.505. The van der Waals surface area contributed by atoms with Crippen molar-refractivity contribution in [2.45, 2.75) is 60.1 Å². The number of hydrogen-bond donors (Lipinski definition) is 2. The molecule has 1 aromatic heterocycles. The zero-order chi connectivity index (χ0) is 22.4. The van der Waals surface area contributed by atoms with Crippen LogP contribution in [-0.2, 0) is 19.0 Å². The number of ether oxygens (including phenoxy) is 3. The van der Waals surface area contributed by atoms with E-state index in [4.69, 9.17) is 14.2 Å². The summed E-state index contributed by atoms with van der Waals surface area (Å²) in [6.07, 6.45) is 0. The van der Waals surface area contributed by atoms with Crippen LogP contribution in [0.15, 0.2) is 0 Å². The number of nitrogens with one attached hydrogen (secondary N) is 2. The van der Waals surface area contributed by atoms with Crippen LogP contribution in [0.3, 0.4) is 0 Å². The monoisotopic (exact) mass is 428 g/mol. The third kappa shape index (κ3) is 7.04. The van der Waals surface area contributed by atoms with Crippen molar-refractivity contribution in [3.8, 4) is 0 Å². The molecule has 2 N–H and O–H groups in total. The minimum Gasteiger partial charge on any atom is -0.462 e. The first-order valence-electron chi connectivity index (χ1n) is 9.19. The first kappa shape index (κ1) is 24.4. The normalized spacial score (nSPS) is 12.0. The molecule has 0 aliphatic rings. The SMILES string of the molecule is CCOC(=O)c1sc(NC(=O)NC(C)C(=O)OC(C)(C)C)c(C(=O)OCC)c1C. The van der Waals surface area contributed by atoms with Gasteiger partial charge in [0.15, 0.2) is 0 Å². The van der Waals surface area contributed by atoms with Gasteiger partial charge < -0.3 is 19.5 Å². The van der Waals surface area contributed by atoms with Crippen LogP contribution in [0, 0.1) is 6.92 Å². The Morgan fingerprint density at radius 1 is 1.03 bits per heavy atom. The van der Waals surface area contributed by atoms with Gasteiger partial charge in [-0.1, -0.05) is 0 Å². The molecule has 29 heavy (non-hydrogen) atoms. The van der Waals surface area contributed by atoms with Gasteiger partial charge in [-0.25, -0.2) is 19.2 Å². The third-order valence-corrected chi connectivity index (χ3v) is 4.61. The number of carbonyl (C=O) groups excluding carboxylic acids is 4. The maximum absolute atomic E-state index is 12.4. The van der Waals surface area contributed by atoms with E-state index in [1.807, 2.05) is 0 Å². The fourth-order valence-corrected chi connectivity index (χ4v) is 3.31. The first-order valence-corrected chi connectivity index (χ1v) is 10.0. The number of hydrogen-bond acceptors (Lipinski definition) is 8. The lowest BCUT2D eigenvalue weighted by Gasteiger charge is -2.22. The molecule has 0 saturated carbocycles. The molecular weight excluding hydrogens is 400 g/mol. The molecule has 0 spiro atoms. The summed E-state index contributed by atoms with van der Waals surface area (Å²) in [5.74, 6) is -1.88. The smallest absolute Gasteiger partial charge is 0.348 e. The Hall–Kier alpha value is -2.62. The molecule has 0 fully saturated rings. The molecule has 1 heterocycles. The number of rotatable bonds is 7. The van der Waals surface area contributed by atoms with Crippen LogP contribution in [0.5, 0.6) is 0 Å². The molecule has 1 atom stereocenters. The van der Waals surface area contributed by atoms with Crippen LogP contribution in [0.2, 0.25) is 0 Å². The van der Waals surface area contributed by atoms with Crippen LogP contribution < -0.4 is 10.6 Å². The van der Waals surface area contributed by atoms with E-state index in [2.05, 4.69) is 10.6 Å². The topological polar surface area (TPSA) is 120 Å². The molecule has 10 heteroatoms. The van der Waals surface area contributed by atoms with Gasteiger partial charge in [-0.2, -0.15) is 0 Å². The minimum absolute atomic E-state index is 0.0694. The van der Waals surface area contributed by atoms with E-state index in [1.54, 1.807) is 41.5 Å². The molecular formula is C19H28N2O7S. The van der Waals surface area contributed by atoms with Gasteiger partial charge in [-0.3, -0.25) is 5.32 Å². The summed E-state index contributed by atoms with van der Waals surface area (Å²) >= 11 is 0.899. The van der Waals surface area contributed by atoms with Crippen molar-refractivity contribution in [2.75, 3.05) is 18.5 Å². The van der Waals surface area contributed by atoms with E-state index < -0.39 is 35.6 Å². The highest BCUT2D eigenvalue weighted by Crippen LogP contribution is 2.34. The highest BCUT2D eigenvalue weighted by Gasteiger charge is 2.28. The summed E-state index contributed by atoms with van der Waals surface area (Å²) in [4.78, 5) is 49.0. The molecule has 162 valence electrons. The predicted octanol–water partition coefficient (Wildman–Crippen LogP) is 3.26. The van der Waals surface area contributed by atoms with Crippen molar-refractivity contribution in [3.63, 3.8) is 0 Å². The average Bonchev–Trinajstić information content (AvgIpc) is 2.89. The summed E-state index contributed by atoms with van der Waals surface area (Å²) in [6, 6.07) is -1.66. The Balaban J connectivity index is 3.05. The zero-order valence-corrected chi connectivity index (χ0v) is 18.6. The van der Waals surface area contributed by atoms with E-state index in [1.165, 1.54) is 6.92 Å². The largest absolute Gasteiger partial charge is 0.462 e. The standard InChI is InChI=1S/C19H28N2O7S/c1-8-26-16(23)12-10(3)13(17(24)27-9-2)29-14(12)21-18(25)20-11(4)15(22)28-19(5,6)7/h11H,8-9H2,1-7H3,(H2,20,21,25). The molecule has 9 nitrogen and oxygen atoms in total. The Morgan fingerprint density at radius 3 is 2.10 bits per heavy atom. The average molecular weight is 429 g/mol. The van der Waals surface area contributed by atoms with Crippen LogP contribution >= 0.6 is 11.3 Å². The Labute approximate surface area is 174 Å². The summed E-state index contributed by atoms with van der Waals surface area (Å²) in [5.41, 5.74) is -0.276. The molecule has 2 amide bonds. The number of esters is 3. The number of carbonyl (C=O) groups is 4. The molecule has 0 saturated heterocycles. The lowest BCUT2D eigenvalue weighted by atomic mass is 10.1. The number of urea groups is 1. The molecule has 0 bridgehead atoms. The molecule has 0 aromatic carbocycles. The summed E-state index contributed by atoms with van der Waals surface area (Å²) in [6.45, 7) is 11.8. The second-order valence-electron chi connectivity index (χ2n) is 7.05. The van der Waals surface area contributed by atoms with Gasteiger partial charge in [0, 0.05) is 0 Å². The van der Waals surface area contributed by atoms with Gasteiger partial charge in [-0.15, -0.1) is 11.3 Å². The van der Waals surface area contributed by atoms with Gasteiger partial charge in [0.25, 0.3) is 0 Å². The van der Waals surface area contributed by atoms with Gasteiger partial charge in [-0.05, 0) is 54.0 Å². The Kier molecular flexibility index (Phi) is 8.62. The van der Waals surface area contributed by atoms with Crippen LogP contribution in [-0.4, -0.2) is 48.8 Å². The molecule has 1 rings (SSSR count). The van der Waals surface area contributed by atoms with Crippen molar-refractivity contribution in [2.24, 2.45) is 0 Å². The van der Waals surface area contributed by atoms with Crippen LogP contribution in [0.25, 0.3) is 0 Å². The van der Waals surface area contributed by atoms with Crippen molar-refractivity contribution in [3.05, 3.63) is 16.0 Å². The van der Waals surface area contributed by atoms with E-state index in [0.29, 0.717) is 5.56 Å². The predicted molar refractivity (Wildman–Crippen MR) is 108 cm³/mol. The highest BCUT2D eigenvalue weighted by atomic mass is 32.1. The Morgan fingerprint density at radius 2 is 1.59 bits per heavy atom. The highest BCUT2D eigenvalue weighted by molar-refractivity contribution is 7.18.